The fourth-order valence-corrected chi connectivity index (χ4v) is 2.60. The summed E-state index contributed by atoms with van der Waals surface area (Å²) < 4.78 is 0. The van der Waals surface area contributed by atoms with Crippen molar-refractivity contribution in [3.63, 3.8) is 0 Å². The predicted octanol–water partition coefficient (Wildman–Crippen LogP) is 0.324. The number of piperazine rings is 1. The second-order valence-corrected chi connectivity index (χ2v) is 4.64. The number of carboxylic acids is 1. The molecular formula is C12H18N2O3. The Balaban J connectivity index is 1.90. The summed E-state index contributed by atoms with van der Waals surface area (Å²) in [6.07, 6.45) is 5.69. The lowest BCUT2D eigenvalue weighted by Crippen LogP contribution is -2.55. The number of rotatable bonds is 2. The lowest BCUT2D eigenvalue weighted by molar-refractivity contribution is -0.133. The van der Waals surface area contributed by atoms with Crippen molar-refractivity contribution in [1.82, 2.24) is 9.80 Å². The van der Waals surface area contributed by atoms with Crippen molar-refractivity contribution < 1.29 is 14.7 Å². The van der Waals surface area contributed by atoms with E-state index in [-0.39, 0.29) is 5.91 Å². The molecule has 5 nitrogen and oxygen atoms in total. The third-order valence-electron chi connectivity index (χ3n) is 3.52. The summed E-state index contributed by atoms with van der Waals surface area (Å²) in [5.41, 5.74) is 0. The molecule has 2 fully saturated rings. The van der Waals surface area contributed by atoms with Crippen LogP contribution in [0.25, 0.3) is 0 Å². The first-order valence-corrected chi connectivity index (χ1v) is 6.11. The largest absolute Gasteiger partial charge is 0.478 e. The maximum Gasteiger partial charge on any atom is 0.328 e. The lowest BCUT2D eigenvalue weighted by Gasteiger charge is -2.43. The van der Waals surface area contributed by atoms with Crippen LogP contribution in [0.5, 0.6) is 0 Å². The van der Waals surface area contributed by atoms with Crippen molar-refractivity contribution >= 4 is 11.9 Å². The molecule has 94 valence electrons. The van der Waals surface area contributed by atoms with E-state index in [0.717, 1.165) is 38.2 Å². The Morgan fingerprint density at radius 2 is 1.94 bits per heavy atom. The quantitative estimate of drug-likeness (QED) is 0.704. The zero-order chi connectivity index (χ0) is 12.3. The van der Waals surface area contributed by atoms with E-state index in [1.807, 2.05) is 0 Å². The summed E-state index contributed by atoms with van der Waals surface area (Å²) in [6.45, 7) is 3.50. The smallest absolute Gasteiger partial charge is 0.328 e. The van der Waals surface area contributed by atoms with Crippen LogP contribution in [0.15, 0.2) is 12.2 Å². The molecule has 2 saturated heterocycles. The van der Waals surface area contributed by atoms with Gasteiger partial charge in [-0.1, -0.05) is 6.42 Å². The fourth-order valence-electron chi connectivity index (χ4n) is 2.60. The highest BCUT2D eigenvalue weighted by atomic mass is 16.4. The van der Waals surface area contributed by atoms with Gasteiger partial charge in [0, 0.05) is 37.8 Å². The molecule has 0 aromatic carbocycles. The monoisotopic (exact) mass is 238 g/mol. The summed E-state index contributed by atoms with van der Waals surface area (Å²) >= 11 is 0. The molecule has 5 heteroatoms. The van der Waals surface area contributed by atoms with Gasteiger partial charge < -0.3 is 10.0 Å². The number of aliphatic carboxylic acids is 1. The summed E-state index contributed by atoms with van der Waals surface area (Å²) in [7, 11) is 0. The van der Waals surface area contributed by atoms with Crippen LogP contribution in [-0.2, 0) is 9.59 Å². The number of carbonyl (C=O) groups excluding carboxylic acids is 1. The van der Waals surface area contributed by atoms with Gasteiger partial charge in [0.1, 0.15) is 0 Å². The van der Waals surface area contributed by atoms with E-state index in [1.54, 1.807) is 4.90 Å². The van der Waals surface area contributed by atoms with Gasteiger partial charge in [0.05, 0.1) is 0 Å². The van der Waals surface area contributed by atoms with Gasteiger partial charge in [-0.25, -0.2) is 4.79 Å². The Morgan fingerprint density at radius 3 is 2.71 bits per heavy atom. The van der Waals surface area contributed by atoms with Gasteiger partial charge in [0.2, 0.25) is 5.91 Å². The van der Waals surface area contributed by atoms with Gasteiger partial charge in [0.25, 0.3) is 0 Å². The minimum absolute atomic E-state index is 0.183. The molecule has 1 amide bonds. The zero-order valence-electron chi connectivity index (χ0n) is 9.84. The summed E-state index contributed by atoms with van der Waals surface area (Å²) in [5, 5.41) is 8.48. The number of piperidine rings is 1. The molecule has 0 spiro atoms. The van der Waals surface area contributed by atoms with Gasteiger partial charge in [-0.05, 0) is 19.4 Å². The van der Waals surface area contributed by atoms with E-state index in [2.05, 4.69) is 4.90 Å². The molecule has 2 aliphatic heterocycles. The van der Waals surface area contributed by atoms with Crippen molar-refractivity contribution in [1.29, 1.82) is 0 Å². The third-order valence-corrected chi connectivity index (χ3v) is 3.52. The van der Waals surface area contributed by atoms with Gasteiger partial charge in [-0.3, -0.25) is 9.69 Å². The first-order valence-electron chi connectivity index (χ1n) is 6.11. The van der Waals surface area contributed by atoms with Crippen LogP contribution in [-0.4, -0.2) is 59.0 Å². The molecule has 17 heavy (non-hydrogen) atoms. The van der Waals surface area contributed by atoms with E-state index in [4.69, 9.17) is 5.11 Å². The number of hydrogen-bond acceptors (Lipinski definition) is 3. The molecule has 2 heterocycles. The number of amides is 1. The Kier molecular flexibility index (Phi) is 3.78. The van der Waals surface area contributed by atoms with Crippen molar-refractivity contribution in [2.75, 3.05) is 26.2 Å². The predicted molar refractivity (Wildman–Crippen MR) is 62.6 cm³/mol. The number of hydrogen-bond donors (Lipinski definition) is 1. The van der Waals surface area contributed by atoms with Gasteiger partial charge in [-0.2, -0.15) is 0 Å². The van der Waals surface area contributed by atoms with Crippen molar-refractivity contribution in [3.05, 3.63) is 12.2 Å². The molecule has 0 radical (unpaired) electrons. The van der Waals surface area contributed by atoms with Gasteiger partial charge in [0.15, 0.2) is 0 Å². The van der Waals surface area contributed by atoms with Crippen LogP contribution in [0.4, 0.5) is 0 Å². The molecule has 1 atom stereocenters. The van der Waals surface area contributed by atoms with E-state index in [1.165, 1.54) is 12.8 Å². The van der Waals surface area contributed by atoms with Crippen LogP contribution >= 0.6 is 0 Å². The minimum Gasteiger partial charge on any atom is -0.478 e. The summed E-state index contributed by atoms with van der Waals surface area (Å²) in [5.74, 6) is -1.26. The highest BCUT2D eigenvalue weighted by molar-refractivity contribution is 5.93. The molecule has 0 saturated carbocycles. The zero-order valence-corrected chi connectivity index (χ0v) is 9.84. The first kappa shape index (κ1) is 12.1. The number of fused-ring (bicyclic) bond motifs is 1. The maximum atomic E-state index is 11.7. The van der Waals surface area contributed by atoms with E-state index in [9.17, 15) is 9.59 Å². The summed E-state index contributed by atoms with van der Waals surface area (Å²) in [6, 6.07) is 0.472. The lowest BCUT2D eigenvalue weighted by atomic mass is 9.99. The average molecular weight is 238 g/mol. The molecule has 0 aromatic heterocycles. The second kappa shape index (κ2) is 5.31. The molecule has 1 unspecified atom stereocenters. The fraction of sp³-hybridized carbons (Fsp3) is 0.667. The molecular weight excluding hydrogens is 220 g/mol. The molecule has 2 aliphatic rings. The van der Waals surface area contributed by atoms with Crippen LogP contribution in [0.2, 0.25) is 0 Å². The Hall–Kier alpha value is -1.36. The van der Waals surface area contributed by atoms with Crippen LogP contribution in [0.1, 0.15) is 19.3 Å². The van der Waals surface area contributed by atoms with Crippen molar-refractivity contribution in [2.24, 2.45) is 0 Å². The molecule has 2 rings (SSSR count). The number of carboxylic acid groups (broad SMARTS) is 1. The van der Waals surface area contributed by atoms with Gasteiger partial charge in [-0.15, -0.1) is 0 Å². The Morgan fingerprint density at radius 1 is 1.12 bits per heavy atom. The maximum absolute atomic E-state index is 11.7. The molecule has 1 N–H and O–H groups in total. The number of nitrogens with zero attached hydrogens (tertiary/aromatic N) is 2. The molecule has 0 aromatic rings. The third kappa shape index (κ3) is 3.06. The minimum atomic E-state index is -1.07. The van der Waals surface area contributed by atoms with Crippen molar-refractivity contribution in [3.8, 4) is 0 Å². The Bertz CT molecular complexity index is 341. The van der Waals surface area contributed by atoms with Gasteiger partial charge >= 0.3 is 5.97 Å². The average Bonchev–Trinajstić information content (AvgIpc) is 2.35. The highest BCUT2D eigenvalue weighted by Crippen LogP contribution is 2.21. The number of carbonyl (C=O) groups is 2. The Labute approximate surface area is 101 Å². The van der Waals surface area contributed by atoms with E-state index in [0.29, 0.717) is 12.6 Å². The van der Waals surface area contributed by atoms with Crippen LogP contribution in [0, 0.1) is 0 Å². The van der Waals surface area contributed by atoms with E-state index < -0.39 is 5.97 Å². The van der Waals surface area contributed by atoms with Crippen LogP contribution < -0.4 is 0 Å². The normalized spacial score (nSPS) is 25.9. The standard InChI is InChI=1S/C12H18N2O3/c15-11(4-5-12(16)17)14-8-7-13-6-2-1-3-10(13)9-14/h4-5,10H,1-3,6-9H2,(H,16,17)/b5-4+. The highest BCUT2D eigenvalue weighted by Gasteiger charge is 2.30. The van der Waals surface area contributed by atoms with E-state index >= 15 is 0 Å². The topological polar surface area (TPSA) is 60.9 Å². The SMILES string of the molecule is O=C(O)/C=C/C(=O)N1CCN2CCCCC2C1. The second-order valence-electron chi connectivity index (χ2n) is 4.64. The summed E-state index contributed by atoms with van der Waals surface area (Å²) in [4.78, 5) is 26.3. The van der Waals surface area contributed by atoms with Crippen molar-refractivity contribution in [2.45, 2.75) is 25.3 Å². The van der Waals surface area contributed by atoms with Crippen LogP contribution in [0.3, 0.4) is 0 Å². The molecule has 0 bridgehead atoms. The molecule has 0 aliphatic carbocycles. The first-order chi connectivity index (χ1) is 8.16.